The van der Waals surface area contributed by atoms with E-state index in [2.05, 4.69) is 5.32 Å². The van der Waals surface area contributed by atoms with E-state index in [1.807, 2.05) is 6.92 Å². The van der Waals surface area contributed by atoms with Crippen molar-refractivity contribution in [3.05, 3.63) is 0 Å². The lowest BCUT2D eigenvalue weighted by Crippen LogP contribution is -2.46. The summed E-state index contributed by atoms with van der Waals surface area (Å²) in [5.41, 5.74) is 5.72. The van der Waals surface area contributed by atoms with Gasteiger partial charge in [-0.05, 0) is 19.3 Å². The zero-order valence-corrected chi connectivity index (χ0v) is 11.1. The number of aliphatic carboxylic acids is 1. The van der Waals surface area contributed by atoms with Crippen LogP contribution in [0.2, 0.25) is 0 Å². The molecule has 2 atom stereocenters. The maximum absolute atomic E-state index is 11.7. The Morgan fingerprint density at radius 3 is 2.56 bits per heavy atom. The van der Waals surface area contributed by atoms with Gasteiger partial charge in [-0.3, -0.25) is 9.59 Å². The molecule has 0 saturated carbocycles. The largest absolute Gasteiger partial charge is 0.481 e. The van der Waals surface area contributed by atoms with Crippen LogP contribution in [0.25, 0.3) is 0 Å². The highest BCUT2D eigenvalue weighted by Gasteiger charge is 2.19. The summed E-state index contributed by atoms with van der Waals surface area (Å²) in [6.45, 7) is 2.51. The zero-order chi connectivity index (χ0) is 14.0. The van der Waals surface area contributed by atoms with Crippen LogP contribution < -0.4 is 11.1 Å². The Kier molecular flexibility index (Phi) is 9.22. The molecular weight excluding hydrogens is 236 g/mol. The molecule has 0 aliphatic carbocycles. The van der Waals surface area contributed by atoms with Crippen molar-refractivity contribution in [3.8, 4) is 0 Å². The van der Waals surface area contributed by atoms with Crippen LogP contribution in [0.1, 0.15) is 39.0 Å². The van der Waals surface area contributed by atoms with E-state index in [0.29, 0.717) is 25.9 Å². The third-order valence-corrected chi connectivity index (χ3v) is 2.60. The Balaban J connectivity index is 4.09. The first-order valence-corrected chi connectivity index (χ1v) is 6.27. The van der Waals surface area contributed by atoms with Crippen LogP contribution in [0.4, 0.5) is 0 Å². The van der Waals surface area contributed by atoms with Crippen LogP contribution in [-0.2, 0) is 14.3 Å². The van der Waals surface area contributed by atoms with Crippen molar-refractivity contribution in [2.24, 2.45) is 5.73 Å². The lowest BCUT2D eigenvalue weighted by Gasteiger charge is -2.19. The molecular formula is C12H24N2O4. The minimum absolute atomic E-state index is 0.0651. The van der Waals surface area contributed by atoms with Gasteiger partial charge in [0.2, 0.25) is 5.91 Å². The van der Waals surface area contributed by atoms with Gasteiger partial charge in [0, 0.05) is 19.8 Å². The van der Waals surface area contributed by atoms with Crippen molar-refractivity contribution >= 4 is 11.9 Å². The zero-order valence-electron chi connectivity index (χ0n) is 11.1. The highest BCUT2D eigenvalue weighted by Crippen LogP contribution is 2.03. The normalized spacial score (nSPS) is 13.9. The van der Waals surface area contributed by atoms with Crippen LogP contribution in [0.15, 0.2) is 0 Å². The number of methoxy groups -OCH3 is 1. The summed E-state index contributed by atoms with van der Waals surface area (Å²) in [4.78, 5) is 22.4. The highest BCUT2D eigenvalue weighted by atomic mass is 16.5. The summed E-state index contributed by atoms with van der Waals surface area (Å²) in [5, 5.41) is 11.4. The first kappa shape index (κ1) is 16.9. The van der Waals surface area contributed by atoms with Gasteiger partial charge in [-0.25, -0.2) is 0 Å². The van der Waals surface area contributed by atoms with Gasteiger partial charge in [-0.1, -0.05) is 13.3 Å². The summed E-state index contributed by atoms with van der Waals surface area (Å²) >= 11 is 0. The van der Waals surface area contributed by atoms with Crippen LogP contribution in [0.3, 0.4) is 0 Å². The second-order valence-corrected chi connectivity index (χ2v) is 4.33. The number of hydrogen-bond donors (Lipinski definition) is 3. The number of carboxylic acid groups (broad SMARTS) is 1. The molecule has 0 radical (unpaired) electrons. The molecule has 0 aliphatic rings. The number of carboxylic acids is 1. The molecule has 0 spiro atoms. The second kappa shape index (κ2) is 9.85. The number of nitrogens with two attached hydrogens (primary N) is 1. The summed E-state index contributed by atoms with van der Waals surface area (Å²) in [6.07, 6.45) is 2.64. The number of hydrogen-bond acceptors (Lipinski definition) is 4. The first-order chi connectivity index (χ1) is 8.51. The number of rotatable bonds is 10. The molecule has 2 unspecified atom stereocenters. The smallest absolute Gasteiger partial charge is 0.305 e. The molecule has 6 heteroatoms. The first-order valence-electron chi connectivity index (χ1n) is 6.27. The molecule has 0 bridgehead atoms. The summed E-state index contributed by atoms with van der Waals surface area (Å²) in [5.74, 6) is -1.20. The summed E-state index contributed by atoms with van der Waals surface area (Å²) in [7, 11) is 1.59. The molecule has 0 aromatic heterocycles. The fourth-order valence-electron chi connectivity index (χ4n) is 1.67. The summed E-state index contributed by atoms with van der Waals surface area (Å²) in [6, 6.07) is -0.943. The molecule has 0 saturated heterocycles. The molecule has 0 aromatic carbocycles. The maximum atomic E-state index is 11.7. The Labute approximate surface area is 108 Å². The molecule has 0 fully saturated rings. The Morgan fingerprint density at radius 1 is 1.39 bits per heavy atom. The average Bonchev–Trinajstić information content (AvgIpc) is 2.28. The van der Waals surface area contributed by atoms with Crippen LogP contribution in [0.5, 0.6) is 0 Å². The maximum Gasteiger partial charge on any atom is 0.305 e. The Bertz CT molecular complexity index is 258. The predicted molar refractivity (Wildman–Crippen MR) is 68.2 cm³/mol. The molecule has 6 nitrogen and oxygen atoms in total. The highest BCUT2D eigenvalue weighted by molar-refractivity contribution is 5.82. The van der Waals surface area contributed by atoms with Crippen molar-refractivity contribution in [2.75, 3.05) is 13.7 Å². The van der Waals surface area contributed by atoms with Crippen molar-refractivity contribution in [1.29, 1.82) is 0 Å². The molecule has 18 heavy (non-hydrogen) atoms. The minimum Gasteiger partial charge on any atom is -0.481 e. The monoisotopic (exact) mass is 260 g/mol. The predicted octanol–water partition coefficient (Wildman–Crippen LogP) is 0.500. The van der Waals surface area contributed by atoms with Crippen LogP contribution in [-0.4, -0.2) is 42.8 Å². The van der Waals surface area contributed by atoms with E-state index in [9.17, 15) is 9.59 Å². The van der Waals surface area contributed by atoms with Crippen LogP contribution in [0, 0.1) is 0 Å². The fraction of sp³-hybridized carbons (Fsp3) is 0.833. The SMILES string of the molecule is CCCC(CC(=O)O)NC(=O)C(N)CCCOC. The third-order valence-electron chi connectivity index (χ3n) is 2.60. The van der Waals surface area contributed by atoms with E-state index in [1.54, 1.807) is 7.11 Å². The van der Waals surface area contributed by atoms with Gasteiger partial charge in [0.05, 0.1) is 12.5 Å². The average molecular weight is 260 g/mol. The van der Waals surface area contributed by atoms with E-state index < -0.39 is 12.0 Å². The Hall–Kier alpha value is -1.14. The van der Waals surface area contributed by atoms with Gasteiger partial charge in [0.25, 0.3) is 0 Å². The van der Waals surface area contributed by atoms with E-state index in [4.69, 9.17) is 15.6 Å². The van der Waals surface area contributed by atoms with Crippen molar-refractivity contribution < 1.29 is 19.4 Å². The number of amides is 1. The number of carbonyl (C=O) groups excluding carboxylic acids is 1. The minimum atomic E-state index is -0.915. The molecule has 0 rings (SSSR count). The topological polar surface area (TPSA) is 102 Å². The lowest BCUT2D eigenvalue weighted by molar-refractivity contribution is -0.137. The second-order valence-electron chi connectivity index (χ2n) is 4.33. The number of carbonyl (C=O) groups is 2. The van der Waals surface area contributed by atoms with Gasteiger partial charge in [0.1, 0.15) is 0 Å². The van der Waals surface area contributed by atoms with Crippen LogP contribution >= 0.6 is 0 Å². The quantitative estimate of drug-likeness (QED) is 0.496. The molecule has 4 N–H and O–H groups in total. The molecule has 0 aliphatic heterocycles. The van der Waals surface area contributed by atoms with Gasteiger partial charge < -0.3 is 20.9 Å². The van der Waals surface area contributed by atoms with Gasteiger partial charge in [-0.2, -0.15) is 0 Å². The Morgan fingerprint density at radius 2 is 2.06 bits per heavy atom. The van der Waals surface area contributed by atoms with Crippen molar-refractivity contribution in [1.82, 2.24) is 5.32 Å². The summed E-state index contributed by atoms with van der Waals surface area (Å²) < 4.78 is 4.88. The molecule has 106 valence electrons. The third kappa shape index (κ3) is 8.03. The lowest BCUT2D eigenvalue weighted by atomic mass is 10.1. The van der Waals surface area contributed by atoms with E-state index >= 15 is 0 Å². The van der Waals surface area contributed by atoms with Crippen molar-refractivity contribution in [2.45, 2.75) is 51.1 Å². The van der Waals surface area contributed by atoms with Gasteiger partial charge in [0.15, 0.2) is 0 Å². The number of ether oxygens (including phenoxy) is 1. The van der Waals surface area contributed by atoms with Gasteiger partial charge in [-0.15, -0.1) is 0 Å². The van der Waals surface area contributed by atoms with E-state index in [1.165, 1.54) is 0 Å². The number of nitrogens with one attached hydrogen (secondary N) is 1. The fourth-order valence-corrected chi connectivity index (χ4v) is 1.67. The standard InChI is InChI=1S/C12H24N2O4/c1-3-5-9(8-11(15)16)14-12(17)10(13)6-4-7-18-2/h9-10H,3-8,13H2,1-2H3,(H,14,17)(H,15,16). The molecule has 0 heterocycles. The van der Waals surface area contributed by atoms with E-state index in [0.717, 1.165) is 6.42 Å². The molecule has 0 aromatic rings. The van der Waals surface area contributed by atoms with Gasteiger partial charge >= 0.3 is 5.97 Å². The van der Waals surface area contributed by atoms with Crippen molar-refractivity contribution in [3.63, 3.8) is 0 Å². The van der Waals surface area contributed by atoms with E-state index in [-0.39, 0.29) is 18.4 Å². The molecule has 1 amide bonds.